The molecule has 0 saturated carbocycles. The maximum absolute atomic E-state index is 13.4. The van der Waals surface area contributed by atoms with Crippen LogP contribution < -0.4 is 0 Å². The van der Waals surface area contributed by atoms with Crippen LogP contribution in [0.15, 0.2) is 30.3 Å². The van der Waals surface area contributed by atoms with Crippen LogP contribution in [0, 0.1) is 5.82 Å². The van der Waals surface area contributed by atoms with Crippen molar-refractivity contribution in [2.45, 2.75) is 5.33 Å². The van der Waals surface area contributed by atoms with Gasteiger partial charge < -0.3 is 0 Å². The lowest BCUT2D eigenvalue weighted by Gasteiger charge is -2.11. The summed E-state index contributed by atoms with van der Waals surface area (Å²) in [4.78, 5) is 0. The highest BCUT2D eigenvalue weighted by molar-refractivity contribution is 9.08. The second-order valence-corrected chi connectivity index (χ2v) is 5.47. The molecule has 0 saturated heterocycles. The van der Waals surface area contributed by atoms with Gasteiger partial charge in [-0.3, -0.25) is 0 Å². The van der Waals surface area contributed by atoms with E-state index >= 15 is 0 Å². The predicted octanol–water partition coefficient (Wildman–Crippen LogP) is 6.35. The van der Waals surface area contributed by atoms with E-state index in [2.05, 4.69) is 15.9 Å². The Balaban J connectivity index is 2.72. The van der Waals surface area contributed by atoms with Crippen molar-refractivity contribution in [3.05, 3.63) is 56.8 Å². The first-order valence-electron chi connectivity index (χ1n) is 5.02. The van der Waals surface area contributed by atoms with Crippen LogP contribution in [0.3, 0.4) is 0 Å². The maximum Gasteiger partial charge on any atom is 0.123 e. The van der Waals surface area contributed by atoms with Gasteiger partial charge in [0.2, 0.25) is 0 Å². The highest BCUT2D eigenvalue weighted by Gasteiger charge is 2.13. The molecule has 0 aromatic heterocycles. The number of hydrogen-bond donors (Lipinski definition) is 0. The van der Waals surface area contributed by atoms with Gasteiger partial charge in [-0.05, 0) is 35.4 Å². The summed E-state index contributed by atoms with van der Waals surface area (Å²) in [6.07, 6.45) is 0. The van der Waals surface area contributed by atoms with E-state index < -0.39 is 0 Å². The van der Waals surface area contributed by atoms with E-state index in [0.717, 1.165) is 5.56 Å². The Kier molecular flexibility index (Phi) is 4.54. The molecule has 2 aromatic rings. The van der Waals surface area contributed by atoms with Gasteiger partial charge in [0.05, 0.1) is 10.0 Å². The largest absolute Gasteiger partial charge is 0.207 e. The summed E-state index contributed by atoms with van der Waals surface area (Å²) >= 11 is 21.5. The lowest BCUT2D eigenvalue weighted by Crippen LogP contribution is -1.90. The first kappa shape index (κ1) is 14.1. The minimum atomic E-state index is -0.332. The van der Waals surface area contributed by atoms with Crippen LogP contribution in [0.4, 0.5) is 4.39 Å². The van der Waals surface area contributed by atoms with Crippen LogP contribution >= 0.6 is 50.7 Å². The molecule has 94 valence electrons. The molecule has 2 aromatic carbocycles. The van der Waals surface area contributed by atoms with Crippen molar-refractivity contribution >= 4 is 50.7 Å². The van der Waals surface area contributed by atoms with Crippen molar-refractivity contribution in [3.8, 4) is 11.1 Å². The zero-order valence-electron chi connectivity index (χ0n) is 8.98. The van der Waals surface area contributed by atoms with Crippen LogP contribution in [-0.4, -0.2) is 0 Å². The zero-order valence-corrected chi connectivity index (χ0v) is 12.8. The molecule has 0 aliphatic carbocycles. The van der Waals surface area contributed by atoms with E-state index in [0.29, 0.717) is 31.5 Å². The van der Waals surface area contributed by atoms with Crippen molar-refractivity contribution in [1.82, 2.24) is 0 Å². The van der Waals surface area contributed by atoms with E-state index in [4.69, 9.17) is 34.8 Å². The van der Waals surface area contributed by atoms with Gasteiger partial charge in [0.25, 0.3) is 0 Å². The summed E-state index contributed by atoms with van der Waals surface area (Å²) in [5, 5.41) is 1.77. The normalized spacial score (nSPS) is 10.7. The number of hydrogen-bond acceptors (Lipinski definition) is 0. The van der Waals surface area contributed by atoms with Gasteiger partial charge >= 0.3 is 0 Å². The van der Waals surface area contributed by atoms with E-state index in [1.165, 1.54) is 12.1 Å². The number of rotatable bonds is 2. The van der Waals surface area contributed by atoms with E-state index in [-0.39, 0.29) is 5.82 Å². The lowest BCUT2D eigenvalue weighted by atomic mass is 10.0. The number of benzene rings is 2. The number of halogens is 5. The third kappa shape index (κ3) is 2.83. The van der Waals surface area contributed by atoms with Crippen molar-refractivity contribution < 1.29 is 4.39 Å². The van der Waals surface area contributed by atoms with Crippen LogP contribution in [0.5, 0.6) is 0 Å². The van der Waals surface area contributed by atoms with Crippen molar-refractivity contribution in [1.29, 1.82) is 0 Å². The summed E-state index contributed by atoms with van der Waals surface area (Å²) < 4.78 is 13.4. The van der Waals surface area contributed by atoms with Crippen LogP contribution in [-0.2, 0) is 5.33 Å². The first-order chi connectivity index (χ1) is 8.52. The van der Waals surface area contributed by atoms with Crippen LogP contribution in [0.1, 0.15) is 5.56 Å². The average molecular weight is 368 g/mol. The summed E-state index contributed by atoms with van der Waals surface area (Å²) in [5.74, 6) is -0.332. The Bertz CT molecular complexity index is 599. The summed E-state index contributed by atoms with van der Waals surface area (Å²) in [7, 11) is 0. The fourth-order valence-corrected chi connectivity index (χ4v) is 2.86. The molecule has 0 bridgehead atoms. The average Bonchev–Trinajstić information content (AvgIpc) is 2.33. The fraction of sp³-hybridized carbons (Fsp3) is 0.0769. The van der Waals surface area contributed by atoms with Gasteiger partial charge in [0.15, 0.2) is 0 Å². The zero-order chi connectivity index (χ0) is 13.3. The molecule has 0 fully saturated rings. The molecule has 18 heavy (non-hydrogen) atoms. The summed E-state index contributed by atoms with van der Waals surface area (Å²) in [6, 6.07) is 7.76. The van der Waals surface area contributed by atoms with Gasteiger partial charge in [-0.15, -0.1) is 0 Å². The maximum atomic E-state index is 13.4. The summed E-state index contributed by atoms with van der Waals surface area (Å²) in [5.41, 5.74) is 2.22. The summed E-state index contributed by atoms with van der Waals surface area (Å²) in [6.45, 7) is 0. The smallest absolute Gasteiger partial charge is 0.123 e. The highest BCUT2D eigenvalue weighted by Crippen LogP contribution is 2.38. The van der Waals surface area contributed by atoms with E-state index in [9.17, 15) is 4.39 Å². The molecule has 2 rings (SSSR count). The second kappa shape index (κ2) is 5.79. The van der Waals surface area contributed by atoms with Crippen molar-refractivity contribution in [3.63, 3.8) is 0 Å². The first-order valence-corrected chi connectivity index (χ1v) is 7.27. The molecule has 0 N–H and O–H groups in total. The van der Waals surface area contributed by atoms with Crippen LogP contribution in [0.2, 0.25) is 15.1 Å². The topological polar surface area (TPSA) is 0 Å². The van der Waals surface area contributed by atoms with Gasteiger partial charge in [0, 0.05) is 15.9 Å². The lowest BCUT2D eigenvalue weighted by molar-refractivity contribution is 0.628. The second-order valence-electron chi connectivity index (χ2n) is 3.68. The Hall–Kier alpha value is -0.280. The molecule has 0 heterocycles. The van der Waals surface area contributed by atoms with Crippen molar-refractivity contribution in [2.24, 2.45) is 0 Å². The fourth-order valence-electron chi connectivity index (χ4n) is 1.67. The standard InChI is InChI=1S/C13H7BrCl3F/c14-6-7-1-2-9(18)5-10(7)11-3-8(15)4-12(16)13(11)17/h1-5H,6H2. The minimum absolute atomic E-state index is 0.332. The molecular formula is C13H7BrCl3F. The molecular weight excluding hydrogens is 361 g/mol. The third-order valence-electron chi connectivity index (χ3n) is 2.50. The molecule has 0 aliphatic heterocycles. The predicted molar refractivity (Wildman–Crippen MR) is 79.5 cm³/mol. The molecule has 0 aliphatic rings. The van der Waals surface area contributed by atoms with Crippen LogP contribution in [0.25, 0.3) is 11.1 Å². The van der Waals surface area contributed by atoms with Gasteiger partial charge in [-0.1, -0.05) is 56.8 Å². The molecule has 0 atom stereocenters. The molecule has 0 nitrogen and oxygen atoms in total. The monoisotopic (exact) mass is 366 g/mol. The Morgan fingerprint density at radius 2 is 1.72 bits per heavy atom. The molecule has 0 spiro atoms. The van der Waals surface area contributed by atoms with E-state index in [1.807, 2.05) is 0 Å². The Morgan fingerprint density at radius 3 is 2.39 bits per heavy atom. The highest BCUT2D eigenvalue weighted by atomic mass is 79.9. The molecule has 0 radical (unpaired) electrons. The van der Waals surface area contributed by atoms with Gasteiger partial charge in [-0.2, -0.15) is 0 Å². The van der Waals surface area contributed by atoms with Gasteiger partial charge in [-0.25, -0.2) is 4.39 Å². The Morgan fingerprint density at radius 1 is 1.00 bits per heavy atom. The third-order valence-corrected chi connectivity index (χ3v) is 4.12. The molecule has 0 amide bonds. The quantitative estimate of drug-likeness (QED) is 0.428. The Labute approximate surface area is 128 Å². The van der Waals surface area contributed by atoms with Crippen molar-refractivity contribution in [2.75, 3.05) is 0 Å². The molecule has 5 heteroatoms. The minimum Gasteiger partial charge on any atom is -0.207 e. The number of alkyl halides is 1. The SMILES string of the molecule is Fc1ccc(CBr)c(-c2cc(Cl)cc(Cl)c2Cl)c1. The van der Waals surface area contributed by atoms with Gasteiger partial charge in [0.1, 0.15) is 5.82 Å². The molecule has 0 unspecified atom stereocenters. The van der Waals surface area contributed by atoms with E-state index in [1.54, 1.807) is 18.2 Å².